The molecule has 27 heavy (non-hydrogen) atoms. The van der Waals surface area contributed by atoms with Crippen molar-refractivity contribution < 1.29 is 9.59 Å². The zero-order valence-corrected chi connectivity index (χ0v) is 16.6. The summed E-state index contributed by atoms with van der Waals surface area (Å²) < 4.78 is 0. The molecule has 2 heterocycles. The molecule has 1 atom stereocenters. The van der Waals surface area contributed by atoms with Crippen molar-refractivity contribution in [1.29, 1.82) is 0 Å². The molecule has 0 bridgehead atoms. The monoisotopic (exact) mass is 385 g/mol. The zero-order valence-electron chi connectivity index (χ0n) is 15.8. The number of amidine groups is 1. The number of nitrogens with zero attached hydrogens (tertiary/aromatic N) is 2. The second-order valence-corrected chi connectivity index (χ2v) is 8.83. The number of allylic oxidation sites excluding steroid dienone is 2. The molecule has 4 aliphatic rings. The zero-order chi connectivity index (χ0) is 18.6. The Hall–Kier alpha value is -1.69. The summed E-state index contributed by atoms with van der Waals surface area (Å²) in [6.07, 6.45) is 13.4. The van der Waals surface area contributed by atoms with Crippen molar-refractivity contribution in [1.82, 2.24) is 5.32 Å². The van der Waals surface area contributed by atoms with Gasteiger partial charge in [-0.15, -0.1) is 0 Å². The number of fused-ring (bicyclic) bond motifs is 2. The molecule has 0 aromatic carbocycles. The normalized spacial score (nSPS) is 24.7. The van der Waals surface area contributed by atoms with Crippen molar-refractivity contribution in [2.75, 3.05) is 6.54 Å². The van der Waals surface area contributed by atoms with Gasteiger partial charge in [-0.1, -0.05) is 23.4 Å². The van der Waals surface area contributed by atoms with Crippen LogP contribution in [0.25, 0.3) is 0 Å². The number of rotatable bonds is 6. The number of carbonyl (C=O) groups is 2. The van der Waals surface area contributed by atoms with Crippen LogP contribution >= 0.6 is 11.8 Å². The van der Waals surface area contributed by atoms with E-state index in [4.69, 9.17) is 0 Å². The molecule has 2 aliphatic heterocycles. The third kappa shape index (κ3) is 4.42. The Balaban J connectivity index is 1.25. The lowest BCUT2D eigenvalue weighted by Crippen LogP contribution is -2.28. The SMILES string of the molecule is O=C(CCC1=NC(=O)C2C(=N1)SC1=C2CCCC1)NCCC1=CCCCC1. The number of hydrogen-bond donors (Lipinski definition) is 1. The molecule has 0 aromatic rings. The van der Waals surface area contributed by atoms with Crippen molar-refractivity contribution in [2.24, 2.45) is 15.9 Å². The summed E-state index contributed by atoms with van der Waals surface area (Å²) in [5.41, 5.74) is 2.73. The average Bonchev–Trinajstić information content (AvgIpc) is 3.06. The molecule has 0 radical (unpaired) electrons. The average molecular weight is 386 g/mol. The Morgan fingerprint density at radius 1 is 1.11 bits per heavy atom. The highest BCUT2D eigenvalue weighted by molar-refractivity contribution is 8.17. The van der Waals surface area contributed by atoms with E-state index in [9.17, 15) is 9.59 Å². The Labute approximate surface area is 164 Å². The smallest absolute Gasteiger partial charge is 0.261 e. The van der Waals surface area contributed by atoms with Crippen molar-refractivity contribution in [3.05, 3.63) is 22.1 Å². The summed E-state index contributed by atoms with van der Waals surface area (Å²) in [6, 6.07) is 0. The van der Waals surface area contributed by atoms with Gasteiger partial charge in [-0.25, -0.2) is 4.99 Å². The van der Waals surface area contributed by atoms with Crippen LogP contribution in [-0.2, 0) is 9.59 Å². The molecule has 0 aromatic heterocycles. The van der Waals surface area contributed by atoms with E-state index in [0.717, 1.165) is 30.7 Å². The molecule has 0 saturated heterocycles. The minimum Gasteiger partial charge on any atom is -0.356 e. The summed E-state index contributed by atoms with van der Waals surface area (Å²) >= 11 is 1.67. The predicted molar refractivity (Wildman–Crippen MR) is 110 cm³/mol. The maximum atomic E-state index is 12.5. The molecule has 1 unspecified atom stereocenters. The van der Waals surface area contributed by atoms with Gasteiger partial charge in [0.2, 0.25) is 5.91 Å². The summed E-state index contributed by atoms with van der Waals surface area (Å²) in [6.45, 7) is 0.694. The molecule has 1 N–H and O–H groups in total. The van der Waals surface area contributed by atoms with Gasteiger partial charge in [-0.05, 0) is 68.3 Å². The topological polar surface area (TPSA) is 70.9 Å². The van der Waals surface area contributed by atoms with Gasteiger partial charge in [0.05, 0.1) is 5.04 Å². The molecule has 6 heteroatoms. The first kappa shape index (κ1) is 18.7. The van der Waals surface area contributed by atoms with Gasteiger partial charge in [0.15, 0.2) is 0 Å². The number of hydrogen-bond acceptors (Lipinski definition) is 4. The standard InChI is InChI=1S/C21H27N3O2S/c25-18(22-13-12-14-6-2-1-3-7-14)11-10-17-23-20(26)19-15-8-4-5-9-16(15)27-21(19)24-17/h6,19H,1-5,7-13H2,(H,22,25). The molecule has 0 spiro atoms. The highest BCUT2D eigenvalue weighted by atomic mass is 32.2. The van der Waals surface area contributed by atoms with Crippen LogP contribution in [-0.4, -0.2) is 29.2 Å². The minimum absolute atomic E-state index is 0.0142. The number of thioether (sulfide) groups is 1. The largest absolute Gasteiger partial charge is 0.356 e. The van der Waals surface area contributed by atoms with Crippen molar-refractivity contribution in [3.63, 3.8) is 0 Å². The first-order chi connectivity index (χ1) is 13.2. The fourth-order valence-corrected chi connectivity index (χ4v) is 5.62. The lowest BCUT2D eigenvalue weighted by Gasteiger charge is -2.18. The van der Waals surface area contributed by atoms with Gasteiger partial charge in [0.25, 0.3) is 5.91 Å². The Kier molecular flexibility index (Phi) is 5.91. The van der Waals surface area contributed by atoms with E-state index in [-0.39, 0.29) is 17.7 Å². The highest BCUT2D eigenvalue weighted by Gasteiger charge is 2.40. The molecule has 5 nitrogen and oxygen atoms in total. The summed E-state index contributed by atoms with van der Waals surface area (Å²) in [5.74, 6) is 0.231. The lowest BCUT2D eigenvalue weighted by atomic mass is 9.89. The van der Waals surface area contributed by atoms with Crippen LogP contribution in [0, 0.1) is 5.92 Å². The Morgan fingerprint density at radius 3 is 2.81 bits per heavy atom. The second kappa shape index (κ2) is 8.55. The van der Waals surface area contributed by atoms with Crippen molar-refractivity contribution in [3.8, 4) is 0 Å². The van der Waals surface area contributed by atoms with E-state index in [1.165, 1.54) is 48.2 Å². The van der Waals surface area contributed by atoms with Crippen molar-refractivity contribution >= 4 is 34.5 Å². The van der Waals surface area contributed by atoms with E-state index < -0.39 is 0 Å². The van der Waals surface area contributed by atoms with Crippen LogP contribution in [0.4, 0.5) is 0 Å². The van der Waals surface area contributed by atoms with Gasteiger partial charge in [0.1, 0.15) is 11.8 Å². The molecule has 0 fully saturated rings. The molecule has 4 rings (SSSR count). The van der Waals surface area contributed by atoms with E-state index in [0.29, 0.717) is 25.2 Å². The van der Waals surface area contributed by atoms with E-state index >= 15 is 0 Å². The van der Waals surface area contributed by atoms with Gasteiger partial charge in [-0.3, -0.25) is 9.59 Å². The lowest BCUT2D eigenvalue weighted by molar-refractivity contribution is -0.121. The number of aliphatic imine (C=N–C) groups is 2. The van der Waals surface area contributed by atoms with E-state index in [1.807, 2.05) is 0 Å². The highest BCUT2D eigenvalue weighted by Crippen LogP contribution is 2.47. The van der Waals surface area contributed by atoms with Gasteiger partial charge in [0, 0.05) is 19.4 Å². The summed E-state index contributed by atoms with van der Waals surface area (Å²) in [4.78, 5) is 34.8. The number of nitrogens with one attached hydrogen (secondary N) is 1. The predicted octanol–water partition coefficient (Wildman–Crippen LogP) is 4.30. The Morgan fingerprint density at radius 2 is 1.96 bits per heavy atom. The molecule has 144 valence electrons. The van der Waals surface area contributed by atoms with Gasteiger partial charge >= 0.3 is 0 Å². The van der Waals surface area contributed by atoms with Crippen LogP contribution in [0.3, 0.4) is 0 Å². The first-order valence-electron chi connectivity index (χ1n) is 10.2. The minimum atomic E-state index is -0.216. The van der Waals surface area contributed by atoms with Gasteiger partial charge in [-0.2, -0.15) is 4.99 Å². The summed E-state index contributed by atoms with van der Waals surface area (Å²) in [5, 5.41) is 3.88. The molecular formula is C21H27N3O2S. The van der Waals surface area contributed by atoms with Gasteiger partial charge < -0.3 is 5.32 Å². The van der Waals surface area contributed by atoms with Crippen molar-refractivity contribution in [2.45, 2.75) is 70.6 Å². The fourth-order valence-electron chi connectivity index (χ4n) is 4.26. The van der Waals surface area contributed by atoms with Crippen LogP contribution in [0.5, 0.6) is 0 Å². The molecule has 0 saturated carbocycles. The van der Waals surface area contributed by atoms with E-state index in [2.05, 4.69) is 21.4 Å². The fraction of sp³-hybridized carbons (Fsp3) is 0.619. The first-order valence-corrected chi connectivity index (χ1v) is 11.1. The Bertz CT molecular complexity index is 763. The second-order valence-electron chi connectivity index (χ2n) is 7.72. The third-order valence-corrected chi connectivity index (χ3v) is 6.98. The van der Waals surface area contributed by atoms with Crippen LogP contribution < -0.4 is 5.32 Å². The summed E-state index contributed by atoms with van der Waals surface area (Å²) in [7, 11) is 0. The maximum absolute atomic E-state index is 12.5. The quantitative estimate of drug-likeness (QED) is 0.693. The van der Waals surface area contributed by atoms with Crippen LogP contribution in [0.2, 0.25) is 0 Å². The van der Waals surface area contributed by atoms with Crippen LogP contribution in [0.1, 0.15) is 70.6 Å². The molecule has 2 amide bonds. The molecular weight excluding hydrogens is 358 g/mol. The molecule has 2 aliphatic carbocycles. The van der Waals surface area contributed by atoms with Crippen LogP contribution in [0.15, 0.2) is 32.1 Å². The maximum Gasteiger partial charge on any atom is 0.261 e. The third-order valence-electron chi connectivity index (χ3n) is 5.74. The van der Waals surface area contributed by atoms with E-state index in [1.54, 1.807) is 11.8 Å². The number of carbonyl (C=O) groups excluding carboxylic acids is 2. The number of amides is 2.